The number of pyridine rings is 1. The number of nitrogens with one attached hydrogen (secondary N) is 1. The van der Waals surface area contributed by atoms with Crippen molar-refractivity contribution in [2.45, 2.75) is 0 Å². The van der Waals surface area contributed by atoms with Crippen LogP contribution in [0.5, 0.6) is 0 Å². The number of benzene rings is 1. The lowest BCUT2D eigenvalue weighted by atomic mass is 10.1. The van der Waals surface area contributed by atoms with Crippen LogP contribution >= 0.6 is 0 Å². The number of carbonyl (C=O) groups is 2. The van der Waals surface area contributed by atoms with Crippen LogP contribution in [0.25, 0.3) is 0 Å². The first-order valence-electron chi connectivity index (χ1n) is 7.65. The average molecular weight is 308 g/mol. The minimum absolute atomic E-state index is 0.312. The molecule has 1 N–H and O–H groups in total. The first-order valence-corrected chi connectivity index (χ1v) is 7.65. The molecule has 0 atom stereocenters. The van der Waals surface area contributed by atoms with E-state index in [-0.39, 0.29) is 11.8 Å². The third-order valence-corrected chi connectivity index (χ3v) is 4.24. The second-order valence-electron chi connectivity index (χ2n) is 5.60. The monoisotopic (exact) mass is 308 g/mol. The summed E-state index contributed by atoms with van der Waals surface area (Å²) >= 11 is 0. The molecule has 3 heterocycles. The Morgan fingerprint density at radius 3 is 2.13 bits per heavy atom. The molecule has 0 aliphatic carbocycles. The van der Waals surface area contributed by atoms with Crippen molar-refractivity contribution in [2.24, 2.45) is 0 Å². The van der Waals surface area contributed by atoms with Crippen molar-refractivity contribution in [2.75, 3.05) is 36.0 Å². The molecule has 1 aromatic heterocycles. The highest BCUT2D eigenvalue weighted by Crippen LogP contribution is 2.27. The second-order valence-corrected chi connectivity index (χ2v) is 5.60. The molecule has 0 bridgehead atoms. The molecule has 4 rings (SSSR count). The average Bonchev–Trinajstić information content (AvgIpc) is 2.87. The molecule has 0 unspecified atom stereocenters. The highest BCUT2D eigenvalue weighted by atomic mass is 16.2. The van der Waals surface area contributed by atoms with Crippen molar-refractivity contribution < 1.29 is 9.59 Å². The zero-order chi connectivity index (χ0) is 15.8. The quantitative estimate of drug-likeness (QED) is 0.847. The molecular formula is C17H16N4O2. The number of anilines is 2. The van der Waals surface area contributed by atoms with E-state index in [1.807, 2.05) is 6.07 Å². The standard InChI is InChI=1S/C17H16N4O2/c22-16-13-3-1-2-4-14(13)17(23)21(16)15-6-5-12(11-19-15)20-9-7-18-8-10-20/h1-6,11,18H,7-10H2. The molecule has 0 saturated carbocycles. The molecule has 1 fully saturated rings. The lowest BCUT2D eigenvalue weighted by Crippen LogP contribution is -2.43. The van der Waals surface area contributed by atoms with Gasteiger partial charge in [0, 0.05) is 26.2 Å². The molecule has 2 aromatic rings. The first-order chi connectivity index (χ1) is 11.3. The minimum atomic E-state index is -0.312. The van der Waals surface area contributed by atoms with Gasteiger partial charge in [0.1, 0.15) is 5.82 Å². The number of fused-ring (bicyclic) bond motifs is 1. The van der Waals surface area contributed by atoms with Gasteiger partial charge in [0.15, 0.2) is 0 Å². The molecule has 116 valence electrons. The van der Waals surface area contributed by atoms with Gasteiger partial charge < -0.3 is 10.2 Å². The summed E-state index contributed by atoms with van der Waals surface area (Å²) in [5.74, 6) is -0.254. The molecule has 1 saturated heterocycles. The van der Waals surface area contributed by atoms with Crippen LogP contribution in [-0.4, -0.2) is 43.0 Å². The SMILES string of the molecule is O=C1c2ccccc2C(=O)N1c1ccc(N2CCNCC2)cn1. The number of hydrogen-bond donors (Lipinski definition) is 1. The number of aromatic nitrogens is 1. The summed E-state index contributed by atoms with van der Waals surface area (Å²) in [7, 11) is 0. The van der Waals surface area contributed by atoms with E-state index < -0.39 is 0 Å². The number of amides is 2. The molecule has 0 radical (unpaired) electrons. The lowest BCUT2D eigenvalue weighted by Gasteiger charge is -2.29. The molecule has 23 heavy (non-hydrogen) atoms. The number of carbonyl (C=O) groups excluding carboxylic acids is 2. The van der Waals surface area contributed by atoms with E-state index in [4.69, 9.17) is 0 Å². The minimum Gasteiger partial charge on any atom is -0.368 e. The molecule has 1 aromatic carbocycles. The number of imide groups is 1. The van der Waals surface area contributed by atoms with E-state index in [0.717, 1.165) is 36.8 Å². The van der Waals surface area contributed by atoms with Gasteiger partial charge in [-0.2, -0.15) is 0 Å². The Hall–Kier alpha value is -2.73. The summed E-state index contributed by atoms with van der Waals surface area (Å²) in [6, 6.07) is 10.5. The van der Waals surface area contributed by atoms with E-state index in [1.54, 1.807) is 36.5 Å². The van der Waals surface area contributed by atoms with Gasteiger partial charge in [-0.3, -0.25) is 9.59 Å². The van der Waals surface area contributed by atoms with E-state index in [0.29, 0.717) is 16.9 Å². The number of hydrogen-bond acceptors (Lipinski definition) is 5. The maximum Gasteiger partial charge on any atom is 0.267 e. The molecule has 2 amide bonds. The summed E-state index contributed by atoms with van der Waals surface area (Å²) in [6.45, 7) is 3.74. The van der Waals surface area contributed by atoms with Crippen LogP contribution in [0.4, 0.5) is 11.5 Å². The zero-order valence-corrected chi connectivity index (χ0v) is 12.5. The Labute approximate surface area is 133 Å². The largest absolute Gasteiger partial charge is 0.368 e. The summed E-state index contributed by atoms with van der Waals surface area (Å²) < 4.78 is 0. The van der Waals surface area contributed by atoms with E-state index in [1.165, 1.54) is 0 Å². The summed E-state index contributed by atoms with van der Waals surface area (Å²) in [4.78, 5) is 32.6. The smallest absolute Gasteiger partial charge is 0.267 e. The van der Waals surface area contributed by atoms with Crippen LogP contribution in [0.1, 0.15) is 20.7 Å². The Morgan fingerprint density at radius 1 is 0.913 bits per heavy atom. The summed E-state index contributed by atoms with van der Waals surface area (Å²) in [6.07, 6.45) is 1.73. The predicted molar refractivity (Wildman–Crippen MR) is 86.9 cm³/mol. The van der Waals surface area contributed by atoms with Crippen molar-refractivity contribution in [3.05, 3.63) is 53.7 Å². The second kappa shape index (κ2) is 5.48. The van der Waals surface area contributed by atoms with Crippen LogP contribution in [-0.2, 0) is 0 Å². The Bertz CT molecular complexity index is 731. The van der Waals surface area contributed by atoms with Gasteiger partial charge in [0.2, 0.25) is 0 Å². The number of piperazine rings is 1. The molecule has 2 aliphatic heterocycles. The van der Waals surface area contributed by atoms with Crippen molar-refractivity contribution in [3.63, 3.8) is 0 Å². The summed E-state index contributed by atoms with van der Waals surface area (Å²) in [5.41, 5.74) is 1.88. The van der Waals surface area contributed by atoms with Gasteiger partial charge in [-0.1, -0.05) is 12.1 Å². The van der Waals surface area contributed by atoms with Crippen LogP contribution in [0.3, 0.4) is 0 Å². The van der Waals surface area contributed by atoms with Crippen molar-refractivity contribution in [1.82, 2.24) is 10.3 Å². The maximum absolute atomic E-state index is 12.4. The van der Waals surface area contributed by atoms with Gasteiger partial charge in [0.25, 0.3) is 11.8 Å². The zero-order valence-electron chi connectivity index (χ0n) is 12.5. The molecule has 2 aliphatic rings. The van der Waals surface area contributed by atoms with E-state index >= 15 is 0 Å². The Balaban J connectivity index is 1.62. The predicted octanol–water partition coefficient (Wildman–Crippen LogP) is 1.29. The number of rotatable bonds is 2. The van der Waals surface area contributed by atoms with Gasteiger partial charge >= 0.3 is 0 Å². The van der Waals surface area contributed by atoms with Crippen LogP contribution in [0.2, 0.25) is 0 Å². The first kappa shape index (κ1) is 13.9. The Morgan fingerprint density at radius 2 is 1.57 bits per heavy atom. The fourth-order valence-corrected chi connectivity index (χ4v) is 3.02. The van der Waals surface area contributed by atoms with E-state index in [2.05, 4.69) is 15.2 Å². The lowest BCUT2D eigenvalue weighted by molar-refractivity contribution is 0.0925. The fourth-order valence-electron chi connectivity index (χ4n) is 3.02. The third-order valence-electron chi connectivity index (χ3n) is 4.24. The van der Waals surface area contributed by atoms with Crippen molar-refractivity contribution in [1.29, 1.82) is 0 Å². The Kier molecular flexibility index (Phi) is 3.31. The maximum atomic E-state index is 12.4. The van der Waals surface area contributed by atoms with Crippen LogP contribution in [0, 0.1) is 0 Å². The van der Waals surface area contributed by atoms with Crippen molar-refractivity contribution >= 4 is 23.3 Å². The van der Waals surface area contributed by atoms with E-state index in [9.17, 15) is 9.59 Å². The third kappa shape index (κ3) is 2.27. The number of nitrogens with zero attached hydrogens (tertiary/aromatic N) is 3. The van der Waals surface area contributed by atoms with Gasteiger partial charge in [-0.05, 0) is 24.3 Å². The normalized spacial score (nSPS) is 17.6. The van der Waals surface area contributed by atoms with Gasteiger partial charge in [-0.25, -0.2) is 9.88 Å². The molecule has 6 heteroatoms. The van der Waals surface area contributed by atoms with Crippen LogP contribution in [0.15, 0.2) is 42.6 Å². The molecule has 0 spiro atoms. The molecular weight excluding hydrogens is 292 g/mol. The highest BCUT2D eigenvalue weighted by molar-refractivity contribution is 6.34. The van der Waals surface area contributed by atoms with Gasteiger partial charge in [0.05, 0.1) is 23.0 Å². The summed E-state index contributed by atoms with van der Waals surface area (Å²) in [5, 5.41) is 3.30. The van der Waals surface area contributed by atoms with Crippen LogP contribution < -0.4 is 15.1 Å². The topological polar surface area (TPSA) is 65.5 Å². The highest BCUT2D eigenvalue weighted by Gasteiger charge is 2.37. The molecule has 6 nitrogen and oxygen atoms in total. The van der Waals surface area contributed by atoms with Gasteiger partial charge in [-0.15, -0.1) is 0 Å². The van der Waals surface area contributed by atoms with Crippen molar-refractivity contribution in [3.8, 4) is 0 Å². The fraction of sp³-hybridized carbons (Fsp3) is 0.235.